The Morgan fingerprint density at radius 1 is 1.10 bits per heavy atom. The Kier molecular flexibility index (Phi) is 5.27. The molecular formula is C17H21FN2. The number of nitrogens with one attached hydrogen (secondary N) is 1. The smallest absolute Gasteiger partial charge is 0.123 e. The van der Waals surface area contributed by atoms with Gasteiger partial charge in [-0.2, -0.15) is 0 Å². The SMILES string of the molecule is CCCc1cccc(C(Cc2cccc(F)c2)NN)c1. The molecule has 0 fully saturated rings. The van der Waals surface area contributed by atoms with Crippen LogP contribution in [0.3, 0.4) is 0 Å². The number of hydrogen-bond acceptors (Lipinski definition) is 2. The van der Waals surface area contributed by atoms with Crippen molar-refractivity contribution in [3.63, 3.8) is 0 Å². The zero-order chi connectivity index (χ0) is 14.4. The van der Waals surface area contributed by atoms with Crippen LogP contribution in [0.2, 0.25) is 0 Å². The second kappa shape index (κ2) is 7.17. The van der Waals surface area contributed by atoms with Crippen LogP contribution in [0, 0.1) is 5.82 Å². The van der Waals surface area contributed by atoms with Crippen LogP contribution in [-0.4, -0.2) is 0 Å². The first-order chi connectivity index (χ1) is 9.72. The minimum Gasteiger partial charge on any atom is -0.271 e. The Labute approximate surface area is 119 Å². The van der Waals surface area contributed by atoms with Gasteiger partial charge in [-0.3, -0.25) is 11.3 Å². The average Bonchev–Trinajstić information content (AvgIpc) is 2.45. The number of hydrogen-bond donors (Lipinski definition) is 2. The third-order valence-corrected chi connectivity index (χ3v) is 3.42. The summed E-state index contributed by atoms with van der Waals surface area (Å²) in [7, 11) is 0. The average molecular weight is 272 g/mol. The van der Waals surface area contributed by atoms with Crippen LogP contribution in [0.15, 0.2) is 48.5 Å². The fourth-order valence-corrected chi connectivity index (χ4v) is 2.43. The van der Waals surface area contributed by atoms with Gasteiger partial charge in [0.25, 0.3) is 0 Å². The molecule has 1 unspecified atom stereocenters. The standard InChI is InChI=1S/C17H21FN2/c1-2-5-13-6-3-8-15(10-13)17(20-19)12-14-7-4-9-16(18)11-14/h3-4,6-11,17,20H,2,5,12,19H2,1H3. The number of nitrogens with two attached hydrogens (primary N) is 1. The van der Waals surface area contributed by atoms with E-state index in [1.807, 2.05) is 6.07 Å². The number of halogens is 1. The van der Waals surface area contributed by atoms with Crippen LogP contribution in [0.25, 0.3) is 0 Å². The highest BCUT2D eigenvalue weighted by atomic mass is 19.1. The maximum Gasteiger partial charge on any atom is 0.123 e. The van der Waals surface area contributed by atoms with Crippen LogP contribution >= 0.6 is 0 Å². The normalized spacial score (nSPS) is 12.3. The lowest BCUT2D eigenvalue weighted by molar-refractivity contribution is 0.548. The third kappa shape index (κ3) is 3.89. The van der Waals surface area contributed by atoms with Gasteiger partial charge in [-0.05, 0) is 41.7 Å². The Balaban J connectivity index is 2.17. The molecule has 0 amide bonds. The lowest BCUT2D eigenvalue weighted by Gasteiger charge is -2.17. The van der Waals surface area contributed by atoms with E-state index in [1.54, 1.807) is 12.1 Å². The molecule has 3 heteroatoms. The van der Waals surface area contributed by atoms with Gasteiger partial charge in [-0.15, -0.1) is 0 Å². The van der Waals surface area contributed by atoms with Crippen LogP contribution in [0.4, 0.5) is 4.39 Å². The van der Waals surface area contributed by atoms with Gasteiger partial charge in [-0.25, -0.2) is 4.39 Å². The second-order valence-electron chi connectivity index (χ2n) is 5.05. The van der Waals surface area contributed by atoms with E-state index >= 15 is 0 Å². The van der Waals surface area contributed by atoms with Gasteiger partial charge in [-0.1, -0.05) is 49.7 Å². The molecule has 0 spiro atoms. The summed E-state index contributed by atoms with van der Waals surface area (Å²) in [6.07, 6.45) is 2.85. The van der Waals surface area contributed by atoms with E-state index in [2.05, 4.69) is 36.6 Å². The summed E-state index contributed by atoms with van der Waals surface area (Å²) in [5.74, 6) is 5.46. The quantitative estimate of drug-likeness (QED) is 0.623. The summed E-state index contributed by atoms with van der Waals surface area (Å²) >= 11 is 0. The predicted molar refractivity (Wildman–Crippen MR) is 80.6 cm³/mol. The van der Waals surface area contributed by atoms with Crippen molar-refractivity contribution in [2.24, 2.45) is 5.84 Å². The van der Waals surface area contributed by atoms with Gasteiger partial charge in [0, 0.05) is 6.04 Å². The molecule has 2 nitrogen and oxygen atoms in total. The zero-order valence-electron chi connectivity index (χ0n) is 11.8. The van der Waals surface area contributed by atoms with Crippen molar-refractivity contribution in [3.8, 4) is 0 Å². The lowest BCUT2D eigenvalue weighted by Crippen LogP contribution is -2.29. The van der Waals surface area contributed by atoms with Crippen molar-refractivity contribution in [2.75, 3.05) is 0 Å². The molecule has 2 rings (SSSR count). The molecule has 0 saturated heterocycles. The summed E-state index contributed by atoms with van der Waals surface area (Å²) in [6.45, 7) is 2.16. The van der Waals surface area contributed by atoms with Crippen LogP contribution < -0.4 is 11.3 Å². The zero-order valence-corrected chi connectivity index (χ0v) is 11.8. The van der Waals surface area contributed by atoms with E-state index in [1.165, 1.54) is 11.6 Å². The van der Waals surface area contributed by atoms with E-state index in [-0.39, 0.29) is 11.9 Å². The van der Waals surface area contributed by atoms with Gasteiger partial charge in [0.2, 0.25) is 0 Å². The van der Waals surface area contributed by atoms with Gasteiger partial charge in [0.05, 0.1) is 0 Å². The first-order valence-electron chi connectivity index (χ1n) is 7.02. The molecule has 0 radical (unpaired) electrons. The largest absolute Gasteiger partial charge is 0.271 e. The van der Waals surface area contributed by atoms with Crippen molar-refractivity contribution >= 4 is 0 Å². The van der Waals surface area contributed by atoms with Crippen LogP contribution in [-0.2, 0) is 12.8 Å². The summed E-state index contributed by atoms with van der Waals surface area (Å²) in [4.78, 5) is 0. The highest BCUT2D eigenvalue weighted by Gasteiger charge is 2.11. The fraction of sp³-hybridized carbons (Fsp3) is 0.294. The molecule has 0 aromatic heterocycles. The number of aryl methyl sites for hydroxylation is 1. The molecule has 0 saturated carbocycles. The molecule has 2 aromatic rings. The first-order valence-corrected chi connectivity index (χ1v) is 7.02. The van der Waals surface area contributed by atoms with E-state index in [0.29, 0.717) is 6.42 Å². The van der Waals surface area contributed by atoms with Crippen molar-refractivity contribution in [3.05, 3.63) is 71.0 Å². The molecular weight excluding hydrogens is 251 g/mol. The minimum absolute atomic E-state index is 0.00592. The molecule has 106 valence electrons. The summed E-state index contributed by atoms with van der Waals surface area (Å²) in [5.41, 5.74) is 6.22. The number of rotatable bonds is 6. The predicted octanol–water partition coefficient (Wildman–Crippen LogP) is 3.53. The van der Waals surface area contributed by atoms with Gasteiger partial charge >= 0.3 is 0 Å². The van der Waals surface area contributed by atoms with Crippen molar-refractivity contribution in [1.29, 1.82) is 0 Å². The van der Waals surface area contributed by atoms with Gasteiger partial charge in [0.1, 0.15) is 5.82 Å². The van der Waals surface area contributed by atoms with Crippen LogP contribution in [0.5, 0.6) is 0 Å². The van der Waals surface area contributed by atoms with Crippen molar-refractivity contribution in [1.82, 2.24) is 5.43 Å². The Bertz CT molecular complexity index is 554. The highest BCUT2D eigenvalue weighted by molar-refractivity contribution is 5.28. The Morgan fingerprint density at radius 3 is 2.55 bits per heavy atom. The number of benzene rings is 2. The lowest BCUT2D eigenvalue weighted by atomic mass is 9.97. The maximum absolute atomic E-state index is 13.2. The molecule has 0 heterocycles. The first kappa shape index (κ1) is 14.7. The maximum atomic E-state index is 13.2. The van der Waals surface area contributed by atoms with Gasteiger partial charge < -0.3 is 0 Å². The Hall–Kier alpha value is -1.71. The van der Waals surface area contributed by atoms with Gasteiger partial charge in [0.15, 0.2) is 0 Å². The molecule has 3 N–H and O–H groups in total. The number of hydrazine groups is 1. The molecule has 0 bridgehead atoms. The molecule has 0 aliphatic rings. The van der Waals surface area contributed by atoms with Crippen molar-refractivity contribution in [2.45, 2.75) is 32.2 Å². The molecule has 0 aliphatic heterocycles. The molecule has 20 heavy (non-hydrogen) atoms. The van der Waals surface area contributed by atoms with E-state index in [0.717, 1.165) is 24.0 Å². The monoisotopic (exact) mass is 272 g/mol. The Morgan fingerprint density at radius 2 is 1.85 bits per heavy atom. The topological polar surface area (TPSA) is 38.0 Å². The van der Waals surface area contributed by atoms with E-state index < -0.39 is 0 Å². The minimum atomic E-state index is -0.210. The second-order valence-corrected chi connectivity index (χ2v) is 5.05. The summed E-state index contributed by atoms with van der Waals surface area (Å²) < 4.78 is 13.2. The van der Waals surface area contributed by atoms with Crippen molar-refractivity contribution < 1.29 is 4.39 Å². The molecule has 0 aliphatic carbocycles. The molecule has 2 aromatic carbocycles. The summed E-state index contributed by atoms with van der Waals surface area (Å²) in [5, 5.41) is 0. The fourth-order valence-electron chi connectivity index (χ4n) is 2.43. The van der Waals surface area contributed by atoms with Crippen LogP contribution in [0.1, 0.15) is 36.1 Å². The molecule has 1 atom stereocenters. The van der Waals surface area contributed by atoms with E-state index in [4.69, 9.17) is 5.84 Å². The van der Waals surface area contributed by atoms with E-state index in [9.17, 15) is 4.39 Å². The summed E-state index contributed by atoms with van der Waals surface area (Å²) in [6, 6.07) is 15.1. The third-order valence-electron chi connectivity index (χ3n) is 3.42. The highest BCUT2D eigenvalue weighted by Crippen LogP contribution is 2.20.